The van der Waals surface area contributed by atoms with Crippen molar-refractivity contribution in [3.05, 3.63) is 59.7 Å². The Morgan fingerprint density at radius 2 is 1.78 bits per heavy atom. The zero-order valence-corrected chi connectivity index (χ0v) is 17.2. The number of amides is 2. The summed E-state index contributed by atoms with van der Waals surface area (Å²) in [5.41, 5.74) is 2.39. The molecule has 2 amide bonds. The minimum absolute atomic E-state index is 0.0123. The molecule has 27 heavy (non-hydrogen) atoms. The molecule has 0 spiro atoms. The fourth-order valence-corrected chi connectivity index (χ4v) is 3.45. The summed E-state index contributed by atoms with van der Waals surface area (Å²) in [6.45, 7) is 8.53. The molecule has 2 N–H and O–H groups in total. The van der Waals surface area contributed by atoms with E-state index in [2.05, 4.69) is 24.5 Å². The van der Waals surface area contributed by atoms with Gasteiger partial charge in [-0.05, 0) is 36.2 Å². The van der Waals surface area contributed by atoms with Gasteiger partial charge in [0.15, 0.2) is 0 Å². The van der Waals surface area contributed by atoms with Crippen LogP contribution in [0, 0.1) is 5.92 Å². The standard InChI is InChI=1S/C22H28N2O2S/c1-5-16(4)21(25)24-18-10-8-9-17(13-18)14-23-22(26)19-11-6-7-12-20(19)27-15(2)3/h6-13,15-16H,5,14H2,1-4H3,(H,23,26)(H,24,25). The van der Waals surface area contributed by atoms with Gasteiger partial charge in [0.1, 0.15) is 0 Å². The number of nitrogens with one attached hydrogen (secondary N) is 2. The summed E-state index contributed by atoms with van der Waals surface area (Å²) in [6, 6.07) is 15.2. The highest BCUT2D eigenvalue weighted by Gasteiger charge is 2.13. The fourth-order valence-electron chi connectivity index (χ4n) is 2.50. The molecule has 1 atom stereocenters. The first-order chi connectivity index (χ1) is 12.9. The number of benzene rings is 2. The average Bonchev–Trinajstić information content (AvgIpc) is 2.65. The Hall–Kier alpha value is -2.27. The zero-order chi connectivity index (χ0) is 19.8. The van der Waals surface area contributed by atoms with Crippen molar-refractivity contribution < 1.29 is 9.59 Å². The van der Waals surface area contributed by atoms with Gasteiger partial charge >= 0.3 is 0 Å². The number of hydrogen-bond donors (Lipinski definition) is 2. The number of carbonyl (C=O) groups excluding carboxylic acids is 2. The first kappa shape index (κ1) is 21.0. The van der Waals surface area contributed by atoms with Crippen molar-refractivity contribution in [2.24, 2.45) is 5.92 Å². The van der Waals surface area contributed by atoms with Crippen LogP contribution in [0.15, 0.2) is 53.4 Å². The topological polar surface area (TPSA) is 58.2 Å². The molecule has 0 saturated heterocycles. The second-order valence-electron chi connectivity index (χ2n) is 6.84. The molecule has 0 radical (unpaired) electrons. The van der Waals surface area contributed by atoms with Gasteiger partial charge in [0.25, 0.3) is 5.91 Å². The highest BCUT2D eigenvalue weighted by Crippen LogP contribution is 2.26. The smallest absolute Gasteiger partial charge is 0.252 e. The Bertz CT molecular complexity index is 789. The maximum Gasteiger partial charge on any atom is 0.252 e. The van der Waals surface area contributed by atoms with Crippen LogP contribution in [0.1, 0.15) is 50.0 Å². The first-order valence-corrected chi connectivity index (χ1v) is 10.2. The number of anilines is 1. The van der Waals surface area contributed by atoms with Crippen LogP contribution in [0.4, 0.5) is 5.69 Å². The molecule has 5 heteroatoms. The van der Waals surface area contributed by atoms with Gasteiger partial charge in [-0.25, -0.2) is 0 Å². The van der Waals surface area contributed by atoms with Crippen LogP contribution < -0.4 is 10.6 Å². The maximum absolute atomic E-state index is 12.6. The van der Waals surface area contributed by atoms with Gasteiger partial charge in [-0.3, -0.25) is 9.59 Å². The predicted molar refractivity (Wildman–Crippen MR) is 113 cm³/mol. The molecule has 0 heterocycles. The quantitative estimate of drug-likeness (QED) is 0.622. The molecule has 0 saturated carbocycles. The van der Waals surface area contributed by atoms with Crippen LogP contribution >= 0.6 is 11.8 Å². The van der Waals surface area contributed by atoms with Crippen LogP contribution in [-0.4, -0.2) is 17.1 Å². The van der Waals surface area contributed by atoms with E-state index in [9.17, 15) is 9.59 Å². The van der Waals surface area contributed by atoms with Crippen LogP contribution in [0.3, 0.4) is 0 Å². The molecule has 2 aromatic rings. The molecule has 0 aliphatic heterocycles. The van der Waals surface area contributed by atoms with Crippen molar-refractivity contribution >= 4 is 29.3 Å². The van der Waals surface area contributed by atoms with Gasteiger partial charge in [-0.15, -0.1) is 11.8 Å². The van der Waals surface area contributed by atoms with Crippen molar-refractivity contribution in [3.63, 3.8) is 0 Å². The Morgan fingerprint density at radius 1 is 1.04 bits per heavy atom. The average molecular weight is 385 g/mol. The van der Waals surface area contributed by atoms with Crippen LogP contribution in [0.5, 0.6) is 0 Å². The lowest BCUT2D eigenvalue weighted by molar-refractivity contribution is -0.119. The number of carbonyl (C=O) groups is 2. The minimum atomic E-state index is -0.0900. The normalized spacial score (nSPS) is 11.9. The van der Waals surface area contributed by atoms with Crippen molar-refractivity contribution in [2.45, 2.75) is 50.8 Å². The van der Waals surface area contributed by atoms with Gasteiger partial charge in [-0.1, -0.05) is 52.0 Å². The van der Waals surface area contributed by atoms with Gasteiger partial charge in [0.05, 0.1) is 5.56 Å². The highest BCUT2D eigenvalue weighted by atomic mass is 32.2. The van der Waals surface area contributed by atoms with E-state index in [0.717, 1.165) is 22.6 Å². The van der Waals surface area contributed by atoms with Gasteiger partial charge in [-0.2, -0.15) is 0 Å². The van der Waals surface area contributed by atoms with Gasteiger partial charge in [0.2, 0.25) is 5.91 Å². The van der Waals surface area contributed by atoms with Crippen molar-refractivity contribution in [1.29, 1.82) is 0 Å². The first-order valence-electron chi connectivity index (χ1n) is 9.34. The maximum atomic E-state index is 12.6. The summed E-state index contributed by atoms with van der Waals surface area (Å²) in [5.74, 6) is -0.102. The molecule has 0 aliphatic rings. The van der Waals surface area contributed by atoms with Crippen molar-refractivity contribution in [1.82, 2.24) is 5.32 Å². The lowest BCUT2D eigenvalue weighted by Crippen LogP contribution is -2.24. The van der Waals surface area contributed by atoms with Gasteiger partial charge < -0.3 is 10.6 Å². The second kappa shape index (κ2) is 10.2. The van der Waals surface area contributed by atoms with Crippen LogP contribution in [-0.2, 0) is 11.3 Å². The van der Waals surface area contributed by atoms with E-state index in [1.807, 2.05) is 62.4 Å². The molecular formula is C22H28N2O2S. The molecular weight excluding hydrogens is 356 g/mol. The third-order valence-electron chi connectivity index (χ3n) is 4.20. The van der Waals surface area contributed by atoms with Gasteiger partial charge in [0, 0.05) is 28.3 Å². The molecule has 0 fully saturated rings. The summed E-state index contributed by atoms with van der Waals surface area (Å²) in [6.07, 6.45) is 0.801. The van der Waals surface area contributed by atoms with Crippen LogP contribution in [0.2, 0.25) is 0 Å². The van der Waals surface area contributed by atoms with E-state index in [0.29, 0.717) is 17.4 Å². The summed E-state index contributed by atoms with van der Waals surface area (Å²) >= 11 is 1.68. The lowest BCUT2D eigenvalue weighted by Gasteiger charge is -2.13. The molecule has 1 unspecified atom stereocenters. The molecule has 144 valence electrons. The Labute approximate surface area is 166 Å². The molecule has 0 aliphatic carbocycles. The molecule has 4 nitrogen and oxygen atoms in total. The summed E-state index contributed by atoms with van der Waals surface area (Å²) in [4.78, 5) is 25.7. The van der Waals surface area contributed by atoms with E-state index in [-0.39, 0.29) is 17.7 Å². The van der Waals surface area contributed by atoms with E-state index < -0.39 is 0 Å². The van der Waals surface area contributed by atoms with E-state index in [4.69, 9.17) is 0 Å². The summed E-state index contributed by atoms with van der Waals surface area (Å²) < 4.78 is 0. The SMILES string of the molecule is CCC(C)C(=O)Nc1cccc(CNC(=O)c2ccccc2SC(C)C)c1. The Kier molecular flexibility index (Phi) is 7.92. The third-order valence-corrected chi connectivity index (χ3v) is 5.28. The monoisotopic (exact) mass is 384 g/mol. The summed E-state index contributed by atoms with van der Waals surface area (Å²) in [7, 11) is 0. The van der Waals surface area contributed by atoms with Crippen LogP contribution in [0.25, 0.3) is 0 Å². The summed E-state index contributed by atoms with van der Waals surface area (Å²) in [5, 5.41) is 6.31. The van der Waals surface area contributed by atoms with Crippen molar-refractivity contribution in [2.75, 3.05) is 5.32 Å². The largest absolute Gasteiger partial charge is 0.348 e. The minimum Gasteiger partial charge on any atom is -0.348 e. The molecule has 2 aromatic carbocycles. The number of thioether (sulfide) groups is 1. The molecule has 0 bridgehead atoms. The number of rotatable bonds is 8. The van der Waals surface area contributed by atoms with E-state index in [1.54, 1.807) is 11.8 Å². The predicted octanol–water partition coefficient (Wildman–Crippen LogP) is 5.10. The van der Waals surface area contributed by atoms with E-state index >= 15 is 0 Å². The van der Waals surface area contributed by atoms with Crippen molar-refractivity contribution in [3.8, 4) is 0 Å². The second-order valence-corrected chi connectivity index (χ2v) is 8.46. The lowest BCUT2D eigenvalue weighted by atomic mass is 10.1. The third kappa shape index (κ3) is 6.43. The molecule has 2 rings (SSSR count). The highest BCUT2D eigenvalue weighted by molar-refractivity contribution is 8.00. The Morgan fingerprint density at radius 3 is 2.48 bits per heavy atom. The number of hydrogen-bond acceptors (Lipinski definition) is 3. The zero-order valence-electron chi connectivity index (χ0n) is 16.4. The fraction of sp³-hybridized carbons (Fsp3) is 0.364. The van der Waals surface area contributed by atoms with E-state index in [1.165, 1.54) is 0 Å². The molecule has 0 aromatic heterocycles. The Balaban J connectivity index is 2.02.